The predicted octanol–water partition coefficient (Wildman–Crippen LogP) is 3.29. The van der Waals surface area contributed by atoms with Crippen molar-refractivity contribution in [3.63, 3.8) is 0 Å². The minimum atomic E-state index is -0.247. The van der Waals surface area contributed by atoms with Crippen LogP contribution in [-0.2, 0) is 0 Å². The molecule has 1 unspecified atom stereocenters. The number of ether oxygens (including phenoxy) is 1. The molecule has 0 amide bonds. The van der Waals surface area contributed by atoms with Crippen molar-refractivity contribution < 1.29 is 9.13 Å². The summed E-state index contributed by atoms with van der Waals surface area (Å²) in [6, 6.07) is 5.07. The lowest BCUT2D eigenvalue weighted by atomic mass is 10.2. The van der Waals surface area contributed by atoms with Gasteiger partial charge in [0.1, 0.15) is 11.6 Å². The van der Waals surface area contributed by atoms with Crippen molar-refractivity contribution in [2.45, 2.75) is 39.7 Å². The van der Waals surface area contributed by atoms with Crippen molar-refractivity contribution in [3.05, 3.63) is 29.6 Å². The molecule has 96 valence electrons. The first-order chi connectivity index (χ1) is 8.13. The van der Waals surface area contributed by atoms with Crippen molar-refractivity contribution in [2.24, 2.45) is 0 Å². The lowest BCUT2D eigenvalue weighted by Crippen LogP contribution is -2.28. The third kappa shape index (κ3) is 5.18. The molecule has 0 aliphatic carbocycles. The first kappa shape index (κ1) is 14.0. The van der Waals surface area contributed by atoms with Gasteiger partial charge in [0.2, 0.25) is 0 Å². The van der Waals surface area contributed by atoms with Crippen LogP contribution in [0.15, 0.2) is 18.2 Å². The van der Waals surface area contributed by atoms with Crippen LogP contribution < -0.4 is 10.1 Å². The summed E-state index contributed by atoms with van der Waals surface area (Å²) in [6.45, 7) is 7.85. The molecule has 0 aromatic heterocycles. The molecule has 1 aromatic rings. The van der Waals surface area contributed by atoms with Gasteiger partial charge in [0.05, 0.1) is 6.61 Å². The molecule has 1 rings (SSSR count). The van der Waals surface area contributed by atoms with Crippen molar-refractivity contribution in [1.82, 2.24) is 5.32 Å². The first-order valence-electron chi connectivity index (χ1n) is 6.25. The van der Waals surface area contributed by atoms with Crippen LogP contribution in [0.3, 0.4) is 0 Å². The van der Waals surface area contributed by atoms with Gasteiger partial charge in [0.15, 0.2) is 0 Å². The summed E-state index contributed by atoms with van der Waals surface area (Å²) >= 11 is 0. The lowest BCUT2D eigenvalue weighted by molar-refractivity contribution is 0.287. The number of nitrogens with one attached hydrogen (secondary N) is 1. The van der Waals surface area contributed by atoms with E-state index in [2.05, 4.69) is 19.2 Å². The lowest BCUT2D eigenvalue weighted by Gasteiger charge is -2.14. The third-order valence-corrected chi connectivity index (χ3v) is 2.70. The van der Waals surface area contributed by atoms with Crippen molar-refractivity contribution >= 4 is 0 Å². The van der Waals surface area contributed by atoms with E-state index < -0.39 is 0 Å². The van der Waals surface area contributed by atoms with Crippen LogP contribution in [0.2, 0.25) is 0 Å². The minimum absolute atomic E-state index is 0.247. The highest BCUT2D eigenvalue weighted by Crippen LogP contribution is 2.18. The van der Waals surface area contributed by atoms with Gasteiger partial charge in [-0.2, -0.15) is 0 Å². The summed E-state index contributed by atoms with van der Waals surface area (Å²) < 4.78 is 18.6. The average molecular weight is 239 g/mol. The Bertz CT molecular complexity index is 341. The van der Waals surface area contributed by atoms with Crippen LogP contribution in [0.1, 0.15) is 32.3 Å². The van der Waals surface area contributed by atoms with Gasteiger partial charge in [0.25, 0.3) is 0 Å². The Labute approximate surface area is 103 Å². The zero-order valence-electron chi connectivity index (χ0n) is 10.9. The van der Waals surface area contributed by atoms with E-state index in [1.165, 1.54) is 12.1 Å². The molecule has 1 aromatic carbocycles. The topological polar surface area (TPSA) is 21.3 Å². The van der Waals surface area contributed by atoms with E-state index in [1.807, 2.05) is 6.92 Å². The number of rotatable bonds is 7. The highest BCUT2D eigenvalue weighted by molar-refractivity contribution is 5.32. The molecule has 0 aliphatic rings. The van der Waals surface area contributed by atoms with Gasteiger partial charge in [-0.1, -0.05) is 13.0 Å². The van der Waals surface area contributed by atoms with Gasteiger partial charge in [-0.15, -0.1) is 0 Å². The molecule has 17 heavy (non-hydrogen) atoms. The molecule has 0 radical (unpaired) electrons. The van der Waals surface area contributed by atoms with Gasteiger partial charge < -0.3 is 10.1 Å². The molecule has 0 bridgehead atoms. The number of benzene rings is 1. The maximum Gasteiger partial charge on any atom is 0.126 e. The van der Waals surface area contributed by atoms with E-state index >= 15 is 0 Å². The van der Waals surface area contributed by atoms with E-state index in [1.54, 1.807) is 6.07 Å². The molecular formula is C14H22FNO. The van der Waals surface area contributed by atoms with Gasteiger partial charge in [-0.3, -0.25) is 0 Å². The van der Waals surface area contributed by atoms with E-state index in [0.717, 1.165) is 24.9 Å². The number of aryl methyl sites for hydroxylation is 1. The highest BCUT2D eigenvalue weighted by atomic mass is 19.1. The largest absolute Gasteiger partial charge is 0.493 e. The molecule has 0 spiro atoms. The van der Waals surface area contributed by atoms with Gasteiger partial charge >= 0.3 is 0 Å². The van der Waals surface area contributed by atoms with Crippen molar-refractivity contribution in [1.29, 1.82) is 0 Å². The maximum absolute atomic E-state index is 13.0. The third-order valence-electron chi connectivity index (χ3n) is 2.70. The molecule has 1 atom stereocenters. The van der Waals surface area contributed by atoms with Crippen LogP contribution in [-0.4, -0.2) is 19.2 Å². The van der Waals surface area contributed by atoms with E-state index in [4.69, 9.17) is 4.74 Å². The second-order valence-corrected chi connectivity index (χ2v) is 4.40. The quantitative estimate of drug-likeness (QED) is 0.788. The SMILES string of the molecule is CCCNC(C)CCOc1cc(F)ccc1C. The maximum atomic E-state index is 13.0. The normalized spacial score (nSPS) is 12.5. The number of halogens is 1. The molecule has 0 saturated heterocycles. The van der Waals surface area contributed by atoms with E-state index in [0.29, 0.717) is 18.4 Å². The van der Waals surface area contributed by atoms with Crippen LogP contribution >= 0.6 is 0 Å². The Hall–Kier alpha value is -1.09. The van der Waals surface area contributed by atoms with Crippen LogP contribution in [0.4, 0.5) is 4.39 Å². The van der Waals surface area contributed by atoms with Gasteiger partial charge in [0, 0.05) is 12.1 Å². The van der Waals surface area contributed by atoms with E-state index in [9.17, 15) is 4.39 Å². The molecule has 0 aliphatic heterocycles. The first-order valence-corrected chi connectivity index (χ1v) is 6.25. The Balaban J connectivity index is 2.32. The fraction of sp³-hybridized carbons (Fsp3) is 0.571. The van der Waals surface area contributed by atoms with Gasteiger partial charge in [-0.25, -0.2) is 4.39 Å². The van der Waals surface area contributed by atoms with E-state index in [-0.39, 0.29) is 5.82 Å². The smallest absolute Gasteiger partial charge is 0.126 e. The summed E-state index contributed by atoms with van der Waals surface area (Å²) in [4.78, 5) is 0. The standard InChI is InChI=1S/C14H22FNO/c1-4-8-16-12(3)7-9-17-14-10-13(15)6-5-11(14)2/h5-6,10,12,16H,4,7-9H2,1-3H3. The predicted molar refractivity (Wildman–Crippen MR) is 69.0 cm³/mol. The van der Waals surface area contributed by atoms with Crippen LogP contribution in [0, 0.1) is 12.7 Å². The molecule has 0 saturated carbocycles. The second kappa shape index (κ2) is 7.28. The Morgan fingerprint density at radius 3 is 2.88 bits per heavy atom. The minimum Gasteiger partial charge on any atom is -0.493 e. The zero-order chi connectivity index (χ0) is 12.7. The summed E-state index contributed by atoms with van der Waals surface area (Å²) in [5.41, 5.74) is 0.973. The van der Waals surface area contributed by atoms with Crippen molar-refractivity contribution in [2.75, 3.05) is 13.2 Å². The molecule has 1 N–H and O–H groups in total. The average Bonchev–Trinajstić information content (AvgIpc) is 2.31. The molecule has 0 fully saturated rings. The molecule has 3 heteroatoms. The van der Waals surface area contributed by atoms with Crippen molar-refractivity contribution in [3.8, 4) is 5.75 Å². The molecule has 0 heterocycles. The summed E-state index contributed by atoms with van der Waals surface area (Å²) in [5.74, 6) is 0.399. The summed E-state index contributed by atoms with van der Waals surface area (Å²) in [7, 11) is 0. The monoisotopic (exact) mass is 239 g/mol. The summed E-state index contributed by atoms with van der Waals surface area (Å²) in [6.07, 6.45) is 2.06. The van der Waals surface area contributed by atoms with Crippen LogP contribution in [0.25, 0.3) is 0 Å². The fourth-order valence-electron chi connectivity index (χ4n) is 1.57. The Morgan fingerprint density at radius 1 is 1.41 bits per heavy atom. The van der Waals surface area contributed by atoms with Crippen LogP contribution in [0.5, 0.6) is 5.75 Å². The fourth-order valence-corrected chi connectivity index (χ4v) is 1.57. The highest BCUT2D eigenvalue weighted by Gasteiger charge is 2.04. The number of hydrogen-bond donors (Lipinski definition) is 1. The number of hydrogen-bond acceptors (Lipinski definition) is 2. The summed E-state index contributed by atoms with van der Waals surface area (Å²) in [5, 5.41) is 3.39. The molecular weight excluding hydrogens is 217 g/mol. The molecule has 2 nitrogen and oxygen atoms in total. The Kier molecular flexibility index (Phi) is 5.98. The Morgan fingerprint density at radius 2 is 2.18 bits per heavy atom. The zero-order valence-corrected chi connectivity index (χ0v) is 10.9. The second-order valence-electron chi connectivity index (χ2n) is 4.40. The van der Waals surface area contributed by atoms with Gasteiger partial charge in [-0.05, 0) is 44.9 Å².